The largest absolute Gasteiger partial charge is 0.357 e. The Morgan fingerprint density at radius 3 is 1.71 bits per heavy atom. The molecular formula is C9H8Br2ClN5. The van der Waals surface area contributed by atoms with Crippen LogP contribution in [0.1, 0.15) is 0 Å². The zero-order valence-corrected chi connectivity index (χ0v) is 12.7. The summed E-state index contributed by atoms with van der Waals surface area (Å²) in [6.07, 6.45) is 6.57. The molecule has 5 nitrogen and oxygen atoms in total. The van der Waals surface area contributed by atoms with Crippen LogP contribution >= 0.6 is 43.5 Å². The van der Waals surface area contributed by atoms with Gasteiger partial charge in [0, 0.05) is 31.8 Å². The number of nitrogens with zero attached hydrogens (tertiary/aromatic N) is 4. The molecule has 0 bridgehead atoms. The smallest absolute Gasteiger partial charge is 0.222 e. The SMILES string of the molecule is CNc1ncc(Br)cn1.Clc1ncc(Br)cn1. The second-order valence-corrected chi connectivity index (χ2v) is 4.81. The summed E-state index contributed by atoms with van der Waals surface area (Å²) in [7, 11) is 1.78. The molecule has 2 aromatic rings. The van der Waals surface area contributed by atoms with Crippen molar-refractivity contribution in [1.29, 1.82) is 0 Å². The Bertz CT molecular complexity index is 427. The minimum Gasteiger partial charge on any atom is -0.357 e. The lowest BCUT2D eigenvalue weighted by Gasteiger charge is -1.94. The zero-order chi connectivity index (χ0) is 12.7. The van der Waals surface area contributed by atoms with Crippen molar-refractivity contribution in [3.8, 4) is 0 Å². The normalized spacial score (nSPS) is 9.18. The van der Waals surface area contributed by atoms with Gasteiger partial charge in [-0.25, -0.2) is 19.9 Å². The van der Waals surface area contributed by atoms with Gasteiger partial charge in [0.2, 0.25) is 11.2 Å². The number of rotatable bonds is 1. The van der Waals surface area contributed by atoms with Gasteiger partial charge in [-0.15, -0.1) is 0 Å². The highest BCUT2D eigenvalue weighted by Gasteiger charge is 1.88. The van der Waals surface area contributed by atoms with Gasteiger partial charge in [0.1, 0.15) is 0 Å². The van der Waals surface area contributed by atoms with Gasteiger partial charge in [0.25, 0.3) is 0 Å². The maximum absolute atomic E-state index is 5.37. The van der Waals surface area contributed by atoms with Crippen molar-refractivity contribution in [2.24, 2.45) is 0 Å². The Hall–Kier alpha value is -0.790. The minimum absolute atomic E-state index is 0.271. The van der Waals surface area contributed by atoms with E-state index in [4.69, 9.17) is 11.6 Å². The molecule has 0 fully saturated rings. The van der Waals surface area contributed by atoms with E-state index in [0.29, 0.717) is 5.95 Å². The number of halogens is 3. The van der Waals surface area contributed by atoms with E-state index in [9.17, 15) is 0 Å². The zero-order valence-electron chi connectivity index (χ0n) is 8.73. The number of anilines is 1. The number of hydrogen-bond acceptors (Lipinski definition) is 5. The molecular weight excluding hydrogens is 373 g/mol. The summed E-state index contributed by atoms with van der Waals surface area (Å²) in [5.41, 5.74) is 0. The second kappa shape index (κ2) is 7.52. The molecule has 2 heterocycles. The lowest BCUT2D eigenvalue weighted by atomic mass is 10.7. The molecule has 1 N–H and O–H groups in total. The maximum atomic E-state index is 5.37. The fraction of sp³-hybridized carbons (Fsp3) is 0.111. The molecule has 8 heteroatoms. The Kier molecular flexibility index (Phi) is 6.31. The van der Waals surface area contributed by atoms with Crippen molar-refractivity contribution in [2.45, 2.75) is 0 Å². The van der Waals surface area contributed by atoms with Crippen molar-refractivity contribution in [3.63, 3.8) is 0 Å². The van der Waals surface area contributed by atoms with Gasteiger partial charge in [-0.1, -0.05) is 0 Å². The highest BCUT2D eigenvalue weighted by atomic mass is 79.9. The summed E-state index contributed by atoms with van der Waals surface area (Å²) >= 11 is 11.8. The first-order valence-corrected chi connectivity index (χ1v) is 6.36. The molecule has 0 saturated carbocycles. The third-order valence-corrected chi connectivity index (χ3v) is 2.45. The number of hydrogen-bond donors (Lipinski definition) is 1. The molecule has 17 heavy (non-hydrogen) atoms. The van der Waals surface area contributed by atoms with Crippen molar-refractivity contribution < 1.29 is 0 Å². The van der Waals surface area contributed by atoms with E-state index in [-0.39, 0.29) is 5.28 Å². The molecule has 0 amide bonds. The number of nitrogens with one attached hydrogen (secondary N) is 1. The van der Waals surface area contributed by atoms with Gasteiger partial charge in [0.15, 0.2) is 0 Å². The first-order chi connectivity index (χ1) is 8.11. The van der Waals surface area contributed by atoms with Crippen molar-refractivity contribution in [2.75, 3.05) is 12.4 Å². The predicted octanol–water partition coefficient (Wildman–Crippen LogP) is 3.17. The van der Waals surface area contributed by atoms with Crippen molar-refractivity contribution in [1.82, 2.24) is 19.9 Å². The molecule has 0 aromatic carbocycles. The maximum Gasteiger partial charge on any atom is 0.222 e. The second-order valence-electron chi connectivity index (χ2n) is 2.65. The Balaban J connectivity index is 0.000000171. The van der Waals surface area contributed by atoms with Crippen molar-refractivity contribution >= 4 is 49.4 Å². The van der Waals surface area contributed by atoms with Gasteiger partial charge in [-0.3, -0.25) is 0 Å². The average Bonchev–Trinajstić information content (AvgIpc) is 2.35. The molecule has 0 atom stereocenters. The lowest BCUT2D eigenvalue weighted by Crippen LogP contribution is -1.93. The van der Waals surface area contributed by atoms with Crippen molar-refractivity contribution in [3.05, 3.63) is 39.0 Å². The highest BCUT2D eigenvalue weighted by Crippen LogP contribution is 2.06. The van der Waals surface area contributed by atoms with Crippen LogP contribution in [0.5, 0.6) is 0 Å². The molecule has 0 aliphatic carbocycles. The molecule has 0 saturated heterocycles. The third kappa shape index (κ3) is 5.90. The molecule has 0 radical (unpaired) electrons. The van der Waals surface area contributed by atoms with E-state index >= 15 is 0 Å². The van der Waals surface area contributed by atoms with Gasteiger partial charge in [-0.05, 0) is 43.5 Å². The summed E-state index contributed by atoms with van der Waals surface area (Å²) in [6.45, 7) is 0. The van der Waals surface area contributed by atoms with Crippen LogP contribution in [-0.4, -0.2) is 27.0 Å². The fourth-order valence-corrected chi connectivity index (χ4v) is 1.25. The fourth-order valence-electron chi connectivity index (χ4n) is 0.738. The van der Waals surface area contributed by atoms with Crippen LogP contribution in [0.4, 0.5) is 5.95 Å². The standard InChI is InChI=1S/C5H6BrN3.C4H2BrClN2/c1-7-5-8-2-4(6)3-9-5;5-3-1-7-4(6)8-2-3/h2-3H,1H3,(H,7,8,9);1-2H. The molecule has 2 aromatic heterocycles. The van der Waals surface area contributed by atoms with E-state index in [2.05, 4.69) is 57.1 Å². The molecule has 0 unspecified atom stereocenters. The Morgan fingerprint density at radius 2 is 1.35 bits per heavy atom. The molecule has 0 aliphatic heterocycles. The minimum atomic E-state index is 0.271. The monoisotopic (exact) mass is 379 g/mol. The van der Waals surface area contributed by atoms with Gasteiger partial charge >= 0.3 is 0 Å². The summed E-state index contributed by atoms with van der Waals surface area (Å²) in [6, 6.07) is 0. The lowest BCUT2D eigenvalue weighted by molar-refractivity contribution is 1.14. The van der Waals surface area contributed by atoms with Gasteiger partial charge < -0.3 is 5.32 Å². The average molecular weight is 381 g/mol. The first-order valence-electron chi connectivity index (χ1n) is 4.40. The van der Waals surface area contributed by atoms with E-state index in [1.807, 2.05) is 0 Å². The molecule has 0 spiro atoms. The Labute approximate surface area is 120 Å². The van der Waals surface area contributed by atoms with Gasteiger partial charge in [0.05, 0.1) is 8.95 Å². The van der Waals surface area contributed by atoms with Crippen LogP contribution < -0.4 is 5.32 Å². The highest BCUT2D eigenvalue weighted by molar-refractivity contribution is 9.10. The topological polar surface area (TPSA) is 63.6 Å². The molecule has 0 aliphatic rings. The van der Waals surface area contributed by atoms with Crippen LogP contribution in [-0.2, 0) is 0 Å². The van der Waals surface area contributed by atoms with Crippen LogP contribution in [0.2, 0.25) is 5.28 Å². The number of aromatic nitrogens is 4. The first kappa shape index (κ1) is 14.3. The summed E-state index contributed by atoms with van der Waals surface area (Å²) in [5.74, 6) is 0.637. The quantitative estimate of drug-likeness (QED) is 0.769. The summed E-state index contributed by atoms with van der Waals surface area (Å²) < 4.78 is 1.73. The van der Waals surface area contributed by atoms with Gasteiger partial charge in [-0.2, -0.15) is 0 Å². The van der Waals surface area contributed by atoms with E-state index < -0.39 is 0 Å². The molecule has 90 valence electrons. The van der Waals surface area contributed by atoms with E-state index in [0.717, 1.165) is 8.95 Å². The van der Waals surface area contributed by atoms with E-state index in [1.54, 1.807) is 31.8 Å². The third-order valence-electron chi connectivity index (χ3n) is 1.43. The Morgan fingerprint density at radius 1 is 0.941 bits per heavy atom. The van der Waals surface area contributed by atoms with Crippen LogP contribution in [0, 0.1) is 0 Å². The summed E-state index contributed by atoms with van der Waals surface area (Å²) in [4.78, 5) is 15.2. The predicted molar refractivity (Wildman–Crippen MR) is 74.0 cm³/mol. The summed E-state index contributed by atoms with van der Waals surface area (Å²) in [5, 5.41) is 3.08. The van der Waals surface area contributed by atoms with Crippen LogP contribution in [0.15, 0.2) is 33.7 Å². The molecule has 2 rings (SSSR count). The van der Waals surface area contributed by atoms with Crippen LogP contribution in [0.3, 0.4) is 0 Å². The van der Waals surface area contributed by atoms with Crippen LogP contribution in [0.25, 0.3) is 0 Å². The van der Waals surface area contributed by atoms with E-state index in [1.165, 1.54) is 0 Å².